The smallest absolute Gasteiger partial charge is 0.246 e. The molecule has 0 aromatic rings. The molecule has 0 heterocycles. The van der Waals surface area contributed by atoms with Crippen LogP contribution in [0.5, 0.6) is 0 Å². The Bertz CT molecular complexity index is 218. The van der Waals surface area contributed by atoms with Gasteiger partial charge in [0.05, 0.1) is 0 Å². The Kier molecular flexibility index (Phi) is 6.38. The summed E-state index contributed by atoms with van der Waals surface area (Å²) in [6.07, 6.45) is 0.602. The third-order valence-electron chi connectivity index (χ3n) is 1.25. The van der Waals surface area contributed by atoms with Crippen LogP contribution in [0.25, 0.3) is 0 Å². The number of nitrogens with one attached hydrogen (secondary N) is 2. The fourth-order valence-corrected chi connectivity index (χ4v) is 0.920. The third kappa shape index (κ3) is 7.63. The highest BCUT2D eigenvalue weighted by Gasteiger charge is 1.99. The van der Waals surface area contributed by atoms with E-state index in [1.165, 1.54) is 0 Å². The molecule has 1 unspecified atom stereocenters. The summed E-state index contributed by atoms with van der Waals surface area (Å²) in [5.41, 5.74) is 0.457. The second-order valence-corrected chi connectivity index (χ2v) is 3.32. The summed E-state index contributed by atoms with van der Waals surface area (Å²) in [5.74, 6) is -0.190. The van der Waals surface area contributed by atoms with Crippen LogP contribution < -0.4 is 10.0 Å². The molecule has 76 valence electrons. The lowest BCUT2D eigenvalue weighted by Gasteiger charge is -2.03. The van der Waals surface area contributed by atoms with Gasteiger partial charge >= 0.3 is 0 Å². The van der Waals surface area contributed by atoms with E-state index >= 15 is 0 Å². The second-order valence-electron chi connectivity index (χ2n) is 2.53. The number of rotatable bonds is 6. The van der Waals surface area contributed by atoms with E-state index in [2.05, 4.69) is 16.6 Å². The van der Waals surface area contributed by atoms with Crippen molar-refractivity contribution in [1.82, 2.24) is 10.0 Å². The Morgan fingerprint density at radius 2 is 2.15 bits per heavy atom. The van der Waals surface area contributed by atoms with Crippen LogP contribution in [0.2, 0.25) is 0 Å². The lowest BCUT2D eigenvalue weighted by molar-refractivity contribution is -0.117. The van der Waals surface area contributed by atoms with Crippen molar-refractivity contribution >= 4 is 17.2 Å². The lowest BCUT2D eigenvalue weighted by atomic mass is 10.3. The molecule has 0 spiro atoms. The van der Waals surface area contributed by atoms with Crippen molar-refractivity contribution in [3.05, 3.63) is 12.2 Å². The Hall–Kier alpha value is -0.720. The number of hydrogen-bond acceptors (Lipinski definition) is 2. The third-order valence-corrected chi connectivity index (χ3v) is 1.70. The van der Waals surface area contributed by atoms with Gasteiger partial charge in [0.25, 0.3) is 0 Å². The first kappa shape index (κ1) is 12.3. The highest BCUT2D eigenvalue weighted by atomic mass is 32.2. The van der Waals surface area contributed by atoms with Crippen LogP contribution >= 0.6 is 0 Å². The summed E-state index contributed by atoms with van der Waals surface area (Å²) in [6, 6.07) is 0. The molecule has 0 rings (SSSR count). The zero-order valence-corrected chi connectivity index (χ0v) is 8.32. The number of carbonyl (C=O) groups is 1. The van der Waals surface area contributed by atoms with E-state index in [9.17, 15) is 9.00 Å². The van der Waals surface area contributed by atoms with E-state index in [1.807, 2.05) is 0 Å². The van der Waals surface area contributed by atoms with Crippen molar-refractivity contribution in [3.8, 4) is 0 Å². The molecule has 0 saturated heterocycles. The fraction of sp³-hybridized carbons (Fsp3) is 0.571. The SMILES string of the molecule is C=C(C)C(=O)NCCCNS(=O)O. The van der Waals surface area contributed by atoms with E-state index in [0.717, 1.165) is 0 Å². The summed E-state index contributed by atoms with van der Waals surface area (Å²) in [4.78, 5) is 10.9. The minimum atomic E-state index is -1.97. The van der Waals surface area contributed by atoms with E-state index in [1.54, 1.807) is 6.92 Å². The zero-order valence-electron chi connectivity index (χ0n) is 7.50. The van der Waals surface area contributed by atoms with Gasteiger partial charge in [0.1, 0.15) is 0 Å². The first-order valence-corrected chi connectivity index (χ1v) is 4.92. The maximum atomic E-state index is 10.9. The molecule has 0 saturated carbocycles. The summed E-state index contributed by atoms with van der Waals surface area (Å²) in [7, 11) is 0. The van der Waals surface area contributed by atoms with E-state index in [4.69, 9.17) is 4.55 Å². The van der Waals surface area contributed by atoms with Crippen molar-refractivity contribution in [3.63, 3.8) is 0 Å². The Morgan fingerprint density at radius 1 is 1.54 bits per heavy atom. The summed E-state index contributed by atoms with van der Waals surface area (Å²) < 4.78 is 20.7. The molecule has 0 fully saturated rings. The van der Waals surface area contributed by atoms with Crippen LogP contribution in [0, 0.1) is 0 Å². The van der Waals surface area contributed by atoms with Crippen LogP contribution in [0.3, 0.4) is 0 Å². The monoisotopic (exact) mass is 206 g/mol. The predicted octanol–water partition coefficient (Wildman–Crippen LogP) is -0.205. The molecule has 0 aliphatic carbocycles. The maximum absolute atomic E-state index is 10.9. The van der Waals surface area contributed by atoms with Crippen molar-refractivity contribution in [2.45, 2.75) is 13.3 Å². The summed E-state index contributed by atoms with van der Waals surface area (Å²) >= 11 is -1.97. The molecule has 5 nitrogen and oxygen atoms in total. The average molecular weight is 206 g/mol. The largest absolute Gasteiger partial charge is 0.352 e. The van der Waals surface area contributed by atoms with Crippen LogP contribution in [0.1, 0.15) is 13.3 Å². The van der Waals surface area contributed by atoms with Crippen molar-refractivity contribution in [2.24, 2.45) is 0 Å². The van der Waals surface area contributed by atoms with Gasteiger partial charge in [-0.25, -0.2) is 8.93 Å². The summed E-state index contributed by atoms with van der Waals surface area (Å²) in [6.45, 7) is 5.94. The zero-order chi connectivity index (χ0) is 10.3. The summed E-state index contributed by atoms with van der Waals surface area (Å²) in [5, 5.41) is 2.60. The van der Waals surface area contributed by atoms with Gasteiger partial charge in [-0.05, 0) is 13.3 Å². The van der Waals surface area contributed by atoms with Gasteiger partial charge in [0.2, 0.25) is 17.2 Å². The van der Waals surface area contributed by atoms with E-state index < -0.39 is 11.3 Å². The standard InChI is InChI=1S/C7H14N2O3S/c1-6(2)7(10)8-4-3-5-9-13(11)12/h9H,1,3-5H2,2H3,(H,8,10)(H,11,12). The normalized spacial score (nSPS) is 12.2. The molecule has 3 N–H and O–H groups in total. The molecule has 0 aromatic carbocycles. The minimum Gasteiger partial charge on any atom is -0.352 e. The van der Waals surface area contributed by atoms with E-state index in [-0.39, 0.29) is 5.91 Å². The number of amides is 1. The molecule has 0 aliphatic heterocycles. The van der Waals surface area contributed by atoms with Gasteiger partial charge in [0, 0.05) is 18.7 Å². The fourth-order valence-electron chi connectivity index (χ4n) is 0.601. The molecular formula is C7H14N2O3S. The van der Waals surface area contributed by atoms with Crippen LogP contribution in [-0.2, 0) is 16.1 Å². The first-order valence-electron chi connectivity index (χ1n) is 3.82. The van der Waals surface area contributed by atoms with Crippen molar-refractivity contribution < 1.29 is 13.6 Å². The molecule has 0 radical (unpaired) electrons. The van der Waals surface area contributed by atoms with Crippen LogP contribution in [0.4, 0.5) is 0 Å². The van der Waals surface area contributed by atoms with Gasteiger partial charge in [-0.15, -0.1) is 0 Å². The van der Waals surface area contributed by atoms with E-state index in [0.29, 0.717) is 25.1 Å². The highest BCUT2D eigenvalue weighted by molar-refractivity contribution is 7.77. The minimum absolute atomic E-state index is 0.190. The molecule has 0 aliphatic rings. The Labute approximate surface area is 80.0 Å². The van der Waals surface area contributed by atoms with Crippen LogP contribution in [-0.4, -0.2) is 27.8 Å². The Morgan fingerprint density at radius 3 is 2.62 bits per heavy atom. The van der Waals surface area contributed by atoms with Gasteiger partial charge in [-0.3, -0.25) is 9.35 Å². The maximum Gasteiger partial charge on any atom is 0.246 e. The molecule has 6 heteroatoms. The van der Waals surface area contributed by atoms with Crippen molar-refractivity contribution in [2.75, 3.05) is 13.1 Å². The molecule has 1 atom stereocenters. The van der Waals surface area contributed by atoms with Gasteiger partial charge < -0.3 is 5.32 Å². The topological polar surface area (TPSA) is 78.4 Å². The molecule has 0 aromatic heterocycles. The highest BCUT2D eigenvalue weighted by Crippen LogP contribution is 1.85. The number of hydrogen-bond donors (Lipinski definition) is 3. The molecular weight excluding hydrogens is 192 g/mol. The van der Waals surface area contributed by atoms with Gasteiger partial charge in [-0.2, -0.15) is 0 Å². The predicted molar refractivity (Wildman–Crippen MR) is 51.2 cm³/mol. The number of carbonyl (C=O) groups excluding carboxylic acids is 1. The quantitative estimate of drug-likeness (QED) is 0.320. The lowest BCUT2D eigenvalue weighted by Crippen LogP contribution is -2.27. The van der Waals surface area contributed by atoms with Gasteiger partial charge in [-0.1, -0.05) is 6.58 Å². The van der Waals surface area contributed by atoms with Crippen LogP contribution in [0.15, 0.2) is 12.2 Å². The van der Waals surface area contributed by atoms with Gasteiger partial charge in [0.15, 0.2) is 0 Å². The second kappa shape index (κ2) is 6.76. The van der Waals surface area contributed by atoms with Crippen molar-refractivity contribution in [1.29, 1.82) is 0 Å². The molecule has 13 heavy (non-hydrogen) atoms. The molecule has 1 amide bonds. The molecule has 0 bridgehead atoms. The average Bonchev–Trinajstić information content (AvgIpc) is 2.02. The first-order chi connectivity index (χ1) is 6.04. The Balaban J connectivity index is 3.31.